The molecule has 0 atom stereocenters. The minimum atomic E-state index is -0.361. The molecule has 2 aliphatic rings. The lowest BCUT2D eigenvalue weighted by atomic mass is 9.96. The second kappa shape index (κ2) is 19.0. The van der Waals surface area contributed by atoms with Crippen LogP contribution in [0.15, 0.2) is 113 Å². The molecule has 52 heavy (non-hydrogen) atoms. The predicted octanol–water partition coefficient (Wildman–Crippen LogP) is 11.8. The quantitative estimate of drug-likeness (QED) is 0.0809. The molecule has 0 spiro atoms. The van der Waals surface area contributed by atoms with Gasteiger partial charge in [0.25, 0.3) is 0 Å². The predicted molar refractivity (Wildman–Crippen MR) is 219 cm³/mol. The fourth-order valence-electron chi connectivity index (χ4n) is 7.50. The second-order valence-corrected chi connectivity index (χ2v) is 16.5. The Bertz CT molecular complexity index is 1780. The van der Waals surface area contributed by atoms with Gasteiger partial charge >= 0.3 is 6.09 Å². The molecular weight excluding hydrogens is 682 g/mol. The summed E-state index contributed by atoms with van der Waals surface area (Å²) in [5, 5.41) is 3.79. The molecule has 6 rings (SSSR count). The highest BCUT2D eigenvalue weighted by atomic mass is 35.5. The third-order valence-electron chi connectivity index (χ3n) is 10.5. The van der Waals surface area contributed by atoms with E-state index in [9.17, 15) is 4.79 Å². The van der Waals surface area contributed by atoms with Gasteiger partial charge in [-0.1, -0.05) is 122 Å². The Kier molecular flexibility index (Phi) is 13.9. The lowest BCUT2D eigenvalue weighted by Crippen LogP contribution is -2.41. The number of likely N-dealkylation sites (tertiary alicyclic amines) is 1. The number of halogens is 1. The van der Waals surface area contributed by atoms with Gasteiger partial charge in [0.2, 0.25) is 0 Å². The molecule has 1 amide bonds. The van der Waals surface area contributed by atoms with Gasteiger partial charge in [0.1, 0.15) is 6.10 Å². The molecule has 0 aromatic heterocycles. The van der Waals surface area contributed by atoms with Gasteiger partial charge < -0.3 is 14.1 Å². The summed E-state index contributed by atoms with van der Waals surface area (Å²) in [7, 11) is 4.76. The van der Waals surface area contributed by atoms with E-state index in [1.54, 1.807) is 0 Å². The van der Waals surface area contributed by atoms with E-state index in [4.69, 9.17) is 16.3 Å². The molecule has 7 heteroatoms. The third-order valence-corrected chi connectivity index (χ3v) is 11.9. The van der Waals surface area contributed by atoms with Crippen molar-refractivity contribution in [1.29, 1.82) is 0 Å². The van der Waals surface area contributed by atoms with Crippen LogP contribution in [0.25, 0.3) is 16.7 Å². The van der Waals surface area contributed by atoms with E-state index >= 15 is 0 Å². The van der Waals surface area contributed by atoms with Crippen molar-refractivity contribution in [1.82, 2.24) is 4.90 Å². The topological polar surface area (TPSA) is 41.6 Å². The van der Waals surface area contributed by atoms with Crippen molar-refractivity contribution in [3.63, 3.8) is 0 Å². The molecule has 1 saturated heterocycles. The molecule has 274 valence electrons. The number of carbonyl (C=O) groups excluding carboxylic acids is 1. The van der Waals surface area contributed by atoms with Gasteiger partial charge in [-0.25, -0.2) is 4.79 Å². The smallest absolute Gasteiger partial charge is 0.411 e. The van der Waals surface area contributed by atoms with Crippen molar-refractivity contribution < 1.29 is 14.0 Å². The molecule has 5 nitrogen and oxygen atoms in total. The number of benzene rings is 4. The number of hydrogen-bond donors (Lipinski definition) is 1. The van der Waals surface area contributed by atoms with Gasteiger partial charge in [-0.3, -0.25) is 5.32 Å². The number of para-hydroxylation sites is 1. The van der Waals surface area contributed by atoms with Crippen LogP contribution in [-0.2, 0) is 4.74 Å². The molecule has 2 aliphatic heterocycles. The number of quaternary nitrogens is 1. The van der Waals surface area contributed by atoms with Gasteiger partial charge in [-0.15, -0.1) is 0 Å². The average Bonchev–Trinajstić information content (AvgIpc) is 3.15. The highest BCUT2D eigenvalue weighted by Gasteiger charge is 2.23. The van der Waals surface area contributed by atoms with E-state index in [0.717, 1.165) is 71.8 Å². The lowest BCUT2D eigenvalue weighted by molar-refractivity contribution is -0.890. The maximum atomic E-state index is 12.8. The first-order valence-corrected chi connectivity index (χ1v) is 20.5. The van der Waals surface area contributed by atoms with Crippen molar-refractivity contribution in [2.75, 3.05) is 52.1 Å². The van der Waals surface area contributed by atoms with Gasteiger partial charge in [-0.05, 0) is 91.2 Å². The maximum Gasteiger partial charge on any atom is 0.411 e. The third kappa shape index (κ3) is 11.0. The SMILES string of the molecule is C[N+](C)(CCC=C1c2ccccc2Sc2ccc(Cl)cc21)CCCCCCCCCN1CCC(OC(=O)Nc2ccccc2-c2ccccc2)CC1. The van der Waals surface area contributed by atoms with Crippen molar-refractivity contribution >= 4 is 40.7 Å². The second-order valence-electron chi connectivity index (χ2n) is 15.0. The fourth-order valence-corrected chi connectivity index (χ4v) is 8.75. The van der Waals surface area contributed by atoms with Crippen LogP contribution in [0.5, 0.6) is 0 Å². The van der Waals surface area contributed by atoms with Gasteiger partial charge in [-0.2, -0.15) is 0 Å². The summed E-state index contributed by atoms with van der Waals surface area (Å²) in [5.74, 6) is 0. The number of fused-ring (bicyclic) bond motifs is 2. The standard InChI is InChI=1S/C45H54ClN3O2S/c1-49(2,33-17-22-39-40-21-12-14-24-43(40)52-44-26-25-36(46)34-41(39)44)32-16-7-5-3-4-6-15-29-48-30-27-37(28-31-48)51-45(50)47-42-23-13-11-20-38(42)35-18-9-8-10-19-35/h8-14,18-26,34,37H,3-7,15-17,27-33H2,1-2H3/p+1. The molecule has 0 unspecified atom stereocenters. The Balaban J connectivity index is 0.810. The van der Waals surface area contributed by atoms with E-state index in [1.807, 2.05) is 60.3 Å². The summed E-state index contributed by atoms with van der Waals surface area (Å²) in [4.78, 5) is 17.9. The first-order chi connectivity index (χ1) is 25.3. The van der Waals surface area contributed by atoms with Crippen molar-refractivity contribution in [2.45, 2.75) is 80.1 Å². The monoisotopic (exact) mass is 736 g/mol. The summed E-state index contributed by atoms with van der Waals surface area (Å²) < 4.78 is 6.88. The number of amides is 1. The van der Waals surface area contributed by atoms with Crippen LogP contribution in [0.2, 0.25) is 5.02 Å². The summed E-state index contributed by atoms with van der Waals surface area (Å²) in [6, 6.07) is 33.0. The zero-order valence-electron chi connectivity index (χ0n) is 31.0. The highest BCUT2D eigenvalue weighted by molar-refractivity contribution is 7.99. The summed E-state index contributed by atoms with van der Waals surface area (Å²) >= 11 is 8.26. The molecule has 4 aromatic rings. The van der Waals surface area contributed by atoms with Crippen LogP contribution in [0.4, 0.5) is 10.5 Å². The Labute approximate surface area is 321 Å². The molecule has 2 heterocycles. The Hall–Kier alpha value is -3.55. The summed E-state index contributed by atoms with van der Waals surface area (Å²) in [6.07, 6.45) is 14.0. The molecule has 1 N–H and O–H groups in total. The highest BCUT2D eigenvalue weighted by Crippen LogP contribution is 2.46. The van der Waals surface area contributed by atoms with E-state index in [1.165, 1.54) is 78.0 Å². The number of rotatable bonds is 16. The van der Waals surface area contributed by atoms with Crippen LogP contribution in [0, 0.1) is 0 Å². The minimum absolute atomic E-state index is 0.0218. The Morgan fingerprint density at radius 3 is 2.23 bits per heavy atom. The van der Waals surface area contributed by atoms with Gasteiger partial charge in [0.05, 0.1) is 32.9 Å². The molecule has 4 aromatic carbocycles. The number of hydrogen-bond acceptors (Lipinski definition) is 4. The average molecular weight is 737 g/mol. The lowest BCUT2D eigenvalue weighted by Gasteiger charge is -2.31. The molecule has 0 saturated carbocycles. The van der Waals surface area contributed by atoms with Crippen LogP contribution in [-0.4, -0.2) is 68.4 Å². The van der Waals surface area contributed by atoms with Crippen LogP contribution in [0.1, 0.15) is 75.3 Å². The van der Waals surface area contributed by atoms with E-state index in [2.05, 4.69) is 78.9 Å². The van der Waals surface area contributed by atoms with Crippen molar-refractivity contribution in [3.8, 4) is 11.1 Å². The largest absolute Gasteiger partial charge is 0.446 e. The zero-order chi connectivity index (χ0) is 36.2. The number of anilines is 1. The van der Waals surface area contributed by atoms with E-state index in [-0.39, 0.29) is 12.2 Å². The Morgan fingerprint density at radius 2 is 1.44 bits per heavy atom. The van der Waals surface area contributed by atoms with Gasteiger partial charge in [0, 0.05) is 39.9 Å². The Morgan fingerprint density at radius 1 is 0.788 bits per heavy atom. The van der Waals surface area contributed by atoms with Crippen molar-refractivity contribution in [3.05, 3.63) is 119 Å². The summed E-state index contributed by atoms with van der Waals surface area (Å²) in [6.45, 7) is 5.50. The number of unbranched alkanes of at least 4 members (excludes halogenated alkanes) is 6. The number of piperidine rings is 1. The number of ether oxygens (including phenoxy) is 1. The normalized spacial score (nSPS) is 15.6. The van der Waals surface area contributed by atoms with Crippen LogP contribution < -0.4 is 5.32 Å². The first kappa shape index (κ1) is 38.2. The van der Waals surface area contributed by atoms with Crippen LogP contribution in [0.3, 0.4) is 0 Å². The molecule has 0 bridgehead atoms. The molecular formula is C45H55ClN3O2S+. The van der Waals surface area contributed by atoms with Crippen LogP contribution >= 0.6 is 23.4 Å². The zero-order valence-corrected chi connectivity index (χ0v) is 32.6. The van der Waals surface area contributed by atoms with Crippen molar-refractivity contribution in [2.24, 2.45) is 0 Å². The first-order valence-electron chi connectivity index (χ1n) is 19.3. The number of carbonyl (C=O) groups is 1. The minimum Gasteiger partial charge on any atom is -0.446 e. The van der Waals surface area contributed by atoms with Gasteiger partial charge in [0.15, 0.2) is 0 Å². The van der Waals surface area contributed by atoms with E-state index < -0.39 is 0 Å². The fraction of sp³-hybridized carbons (Fsp3) is 0.400. The van der Waals surface area contributed by atoms with E-state index in [0.29, 0.717) is 0 Å². The molecule has 1 fully saturated rings. The maximum absolute atomic E-state index is 12.8. The molecule has 0 aliphatic carbocycles. The summed E-state index contributed by atoms with van der Waals surface area (Å²) in [5.41, 5.74) is 6.77. The number of nitrogens with one attached hydrogen (secondary N) is 1. The molecule has 0 radical (unpaired) electrons. The number of nitrogens with zero attached hydrogens (tertiary/aromatic N) is 2.